The van der Waals surface area contributed by atoms with Gasteiger partial charge < -0.3 is 5.11 Å². The van der Waals surface area contributed by atoms with Crippen molar-refractivity contribution in [3.05, 3.63) is 27.7 Å². The zero-order valence-corrected chi connectivity index (χ0v) is 6.70. The number of halogens is 2. The van der Waals surface area contributed by atoms with Crippen molar-refractivity contribution in [3.63, 3.8) is 0 Å². The summed E-state index contributed by atoms with van der Waals surface area (Å²) in [7, 11) is 0. The molecule has 0 atom stereocenters. The van der Waals surface area contributed by atoms with Crippen molar-refractivity contribution in [1.29, 1.82) is 0 Å². The van der Waals surface area contributed by atoms with Crippen molar-refractivity contribution >= 4 is 27.5 Å². The number of aromatic hydroxyl groups is 1. The maximum Gasteiger partial charge on any atom is 0.124 e. The van der Waals surface area contributed by atoms with Crippen LogP contribution in [-0.4, -0.2) is 5.11 Å². The van der Waals surface area contributed by atoms with Gasteiger partial charge in [-0.25, -0.2) is 0 Å². The van der Waals surface area contributed by atoms with Crippen molar-refractivity contribution < 1.29 is 5.11 Å². The van der Waals surface area contributed by atoms with Crippen LogP contribution in [0.5, 0.6) is 5.75 Å². The van der Waals surface area contributed by atoms with E-state index < -0.39 is 0 Å². The summed E-state index contributed by atoms with van der Waals surface area (Å²) in [6.45, 7) is 0. The van der Waals surface area contributed by atoms with Gasteiger partial charge in [0.25, 0.3) is 0 Å². The average Bonchev–Trinajstić information content (AvgIpc) is 1.80. The van der Waals surface area contributed by atoms with Crippen molar-refractivity contribution in [2.45, 2.75) is 0 Å². The molecule has 1 aromatic rings. The molecule has 1 rings (SSSR count). The van der Waals surface area contributed by atoms with E-state index in [4.69, 9.17) is 16.7 Å². The van der Waals surface area contributed by atoms with Crippen LogP contribution < -0.4 is 0 Å². The van der Waals surface area contributed by atoms with E-state index in [1.807, 2.05) is 0 Å². The third-order valence-corrected chi connectivity index (χ3v) is 2.04. The zero-order valence-electron chi connectivity index (χ0n) is 4.36. The first-order chi connectivity index (χ1) is 4.20. The second-order valence-electron chi connectivity index (χ2n) is 1.51. The van der Waals surface area contributed by atoms with Crippen LogP contribution in [-0.2, 0) is 0 Å². The second kappa shape index (κ2) is 2.58. The number of hydrogen-bond donors (Lipinski definition) is 1. The highest BCUT2D eigenvalue weighted by molar-refractivity contribution is 9.10. The Labute approximate surface area is 66.4 Å². The van der Waals surface area contributed by atoms with E-state index in [1.54, 1.807) is 0 Å². The van der Waals surface area contributed by atoms with E-state index in [1.165, 1.54) is 12.1 Å². The molecule has 0 aliphatic heterocycles. The topological polar surface area (TPSA) is 20.2 Å². The van der Waals surface area contributed by atoms with E-state index in [9.17, 15) is 0 Å². The summed E-state index contributed by atoms with van der Waals surface area (Å²) < 4.78 is 0.681. The standard InChI is InChI=1S/C6H3BrClO/c7-5-3-4(9)1-2-6(5)8/h2-3,9H. The van der Waals surface area contributed by atoms with Crippen molar-refractivity contribution in [2.24, 2.45) is 0 Å². The van der Waals surface area contributed by atoms with E-state index in [0.29, 0.717) is 9.50 Å². The highest BCUT2D eigenvalue weighted by Crippen LogP contribution is 2.25. The molecule has 1 aromatic carbocycles. The Morgan fingerprint density at radius 2 is 2.33 bits per heavy atom. The first-order valence-electron chi connectivity index (χ1n) is 2.26. The summed E-state index contributed by atoms with van der Waals surface area (Å²) in [5.74, 6) is 0.0891. The molecule has 0 heterocycles. The monoisotopic (exact) mass is 205 g/mol. The van der Waals surface area contributed by atoms with Gasteiger partial charge in [-0.15, -0.1) is 0 Å². The second-order valence-corrected chi connectivity index (χ2v) is 2.78. The third kappa shape index (κ3) is 1.60. The molecule has 0 fully saturated rings. The minimum Gasteiger partial charge on any atom is -0.507 e. The predicted octanol–water partition coefficient (Wildman–Crippen LogP) is 2.61. The Hall–Kier alpha value is -0.210. The molecule has 0 spiro atoms. The molecule has 3 heteroatoms. The van der Waals surface area contributed by atoms with E-state index in [-0.39, 0.29) is 5.75 Å². The molecule has 0 saturated heterocycles. The maximum atomic E-state index is 8.79. The normalized spacial score (nSPS) is 9.56. The number of benzene rings is 1. The smallest absolute Gasteiger partial charge is 0.124 e. The van der Waals surface area contributed by atoms with Crippen LogP contribution in [0.2, 0.25) is 5.02 Å². The minimum absolute atomic E-state index is 0.0891. The van der Waals surface area contributed by atoms with Gasteiger partial charge in [0.2, 0.25) is 0 Å². The lowest BCUT2D eigenvalue weighted by Crippen LogP contribution is -1.67. The molecule has 0 unspecified atom stereocenters. The fraction of sp³-hybridized carbons (Fsp3) is 0. The number of phenolic OH excluding ortho intramolecular Hbond substituents is 1. The molecule has 0 aliphatic carbocycles. The van der Waals surface area contributed by atoms with Gasteiger partial charge in [0.1, 0.15) is 5.75 Å². The number of rotatable bonds is 0. The van der Waals surface area contributed by atoms with E-state index in [0.717, 1.165) is 0 Å². The molecule has 9 heavy (non-hydrogen) atoms. The number of phenols is 1. The summed E-state index contributed by atoms with van der Waals surface area (Å²) in [5, 5.41) is 9.34. The molecular weight excluding hydrogens is 203 g/mol. The van der Waals surface area contributed by atoms with Crippen LogP contribution in [0.1, 0.15) is 0 Å². The lowest BCUT2D eigenvalue weighted by molar-refractivity contribution is 0.474. The first kappa shape index (κ1) is 6.90. The summed E-state index contributed by atoms with van der Waals surface area (Å²) in [5.41, 5.74) is 0. The maximum absolute atomic E-state index is 8.79. The zero-order chi connectivity index (χ0) is 6.85. The summed E-state index contributed by atoms with van der Waals surface area (Å²) in [4.78, 5) is 0. The number of hydrogen-bond acceptors (Lipinski definition) is 1. The van der Waals surface area contributed by atoms with Crippen molar-refractivity contribution in [3.8, 4) is 5.75 Å². The lowest BCUT2D eigenvalue weighted by atomic mass is 10.3. The van der Waals surface area contributed by atoms with E-state index >= 15 is 0 Å². The summed E-state index contributed by atoms with van der Waals surface area (Å²) in [6, 6.07) is 5.52. The van der Waals surface area contributed by atoms with Crippen molar-refractivity contribution in [1.82, 2.24) is 0 Å². The quantitative estimate of drug-likeness (QED) is 0.692. The Morgan fingerprint density at radius 1 is 1.67 bits per heavy atom. The highest BCUT2D eigenvalue weighted by Gasteiger charge is 1.95. The van der Waals surface area contributed by atoms with Crippen LogP contribution in [0, 0.1) is 6.07 Å². The molecule has 0 aromatic heterocycles. The average molecular weight is 206 g/mol. The lowest BCUT2D eigenvalue weighted by Gasteiger charge is -1.93. The van der Waals surface area contributed by atoms with Crippen LogP contribution >= 0.6 is 27.5 Å². The van der Waals surface area contributed by atoms with Crippen LogP contribution in [0.3, 0.4) is 0 Å². The van der Waals surface area contributed by atoms with Crippen LogP contribution in [0.25, 0.3) is 0 Å². The van der Waals surface area contributed by atoms with E-state index in [2.05, 4.69) is 22.0 Å². The Morgan fingerprint density at radius 3 is 2.78 bits per heavy atom. The van der Waals surface area contributed by atoms with Gasteiger partial charge >= 0.3 is 0 Å². The van der Waals surface area contributed by atoms with Crippen LogP contribution in [0.15, 0.2) is 16.6 Å². The molecule has 47 valence electrons. The molecule has 1 radical (unpaired) electrons. The predicted molar refractivity (Wildman–Crippen MR) is 39.7 cm³/mol. The third-order valence-electron chi connectivity index (χ3n) is 0.838. The van der Waals surface area contributed by atoms with Gasteiger partial charge in [-0.1, -0.05) is 11.6 Å². The van der Waals surface area contributed by atoms with Gasteiger partial charge in [0.05, 0.1) is 5.02 Å². The Balaban J connectivity index is 3.17. The Kier molecular flexibility index (Phi) is 1.98. The molecule has 1 nitrogen and oxygen atoms in total. The molecular formula is C6H3BrClO. The van der Waals surface area contributed by atoms with Gasteiger partial charge in [-0.2, -0.15) is 0 Å². The molecule has 1 N–H and O–H groups in total. The highest BCUT2D eigenvalue weighted by atomic mass is 79.9. The molecule has 0 saturated carbocycles. The molecule has 0 amide bonds. The largest absolute Gasteiger partial charge is 0.507 e. The summed E-state index contributed by atoms with van der Waals surface area (Å²) in [6.07, 6.45) is 0. The van der Waals surface area contributed by atoms with Crippen molar-refractivity contribution in [2.75, 3.05) is 0 Å². The molecule has 0 aliphatic rings. The molecule has 0 bridgehead atoms. The minimum atomic E-state index is 0.0891. The fourth-order valence-corrected chi connectivity index (χ4v) is 0.877. The SMILES string of the molecule is Oc1[c]cc(Cl)c(Br)c1. The van der Waals surface area contributed by atoms with Gasteiger partial charge in [-0.05, 0) is 28.1 Å². The summed E-state index contributed by atoms with van der Waals surface area (Å²) >= 11 is 8.73. The Bertz CT molecular complexity index is 224. The fourth-order valence-electron chi connectivity index (χ4n) is 0.437. The van der Waals surface area contributed by atoms with Crippen LogP contribution in [0.4, 0.5) is 0 Å². The van der Waals surface area contributed by atoms with Gasteiger partial charge in [0, 0.05) is 10.5 Å². The van der Waals surface area contributed by atoms with Gasteiger partial charge in [0.15, 0.2) is 0 Å². The first-order valence-corrected chi connectivity index (χ1v) is 3.43. The van der Waals surface area contributed by atoms with Gasteiger partial charge in [-0.3, -0.25) is 0 Å².